The molecule has 5 heteroatoms. The Kier molecular flexibility index (Phi) is 2.76. The molecule has 0 fully saturated rings. The van der Waals surface area contributed by atoms with Gasteiger partial charge in [-0.1, -0.05) is 6.07 Å². The highest BCUT2D eigenvalue weighted by Gasteiger charge is 2.24. The van der Waals surface area contributed by atoms with Gasteiger partial charge in [-0.2, -0.15) is 0 Å². The number of hydrogen-bond acceptors (Lipinski definition) is 4. The zero-order valence-electron chi connectivity index (χ0n) is 9.80. The van der Waals surface area contributed by atoms with E-state index in [0.717, 1.165) is 29.0 Å². The molecule has 0 saturated heterocycles. The molecule has 0 saturated carbocycles. The van der Waals surface area contributed by atoms with Crippen molar-refractivity contribution >= 4 is 22.9 Å². The minimum Gasteiger partial charge on any atom is -0.399 e. The van der Waals surface area contributed by atoms with E-state index >= 15 is 0 Å². The number of nitrogen functional groups attached to an aromatic ring is 1. The third-order valence-electron chi connectivity index (χ3n) is 3.13. The molecule has 0 unspecified atom stereocenters. The SMILES string of the molecule is Nc1ccc2c(c1)C(=O)N(Cc1cncs1)CC2. The number of benzene rings is 1. The monoisotopic (exact) mass is 259 g/mol. The summed E-state index contributed by atoms with van der Waals surface area (Å²) in [5, 5.41) is 0. The van der Waals surface area contributed by atoms with Crippen LogP contribution in [0.2, 0.25) is 0 Å². The number of amides is 1. The zero-order valence-corrected chi connectivity index (χ0v) is 10.6. The van der Waals surface area contributed by atoms with E-state index in [1.165, 1.54) is 0 Å². The van der Waals surface area contributed by atoms with Gasteiger partial charge in [-0.15, -0.1) is 11.3 Å². The second-order valence-corrected chi connectivity index (χ2v) is 5.33. The van der Waals surface area contributed by atoms with Crippen LogP contribution in [-0.4, -0.2) is 22.3 Å². The van der Waals surface area contributed by atoms with Crippen LogP contribution in [0.25, 0.3) is 0 Å². The van der Waals surface area contributed by atoms with Crippen molar-refractivity contribution in [1.82, 2.24) is 9.88 Å². The van der Waals surface area contributed by atoms with E-state index in [1.807, 2.05) is 23.2 Å². The Morgan fingerprint density at radius 3 is 3.11 bits per heavy atom. The van der Waals surface area contributed by atoms with E-state index in [2.05, 4.69) is 4.98 Å². The van der Waals surface area contributed by atoms with Crippen molar-refractivity contribution in [2.45, 2.75) is 13.0 Å². The van der Waals surface area contributed by atoms with E-state index in [1.54, 1.807) is 22.9 Å². The van der Waals surface area contributed by atoms with Crippen LogP contribution in [-0.2, 0) is 13.0 Å². The van der Waals surface area contributed by atoms with Gasteiger partial charge in [-0.05, 0) is 24.1 Å². The van der Waals surface area contributed by atoms with E-state index in [0.29, 0.717) is 12.2 Å². The fourth-order valence-corrected chi connectivity index (χ4v) is 2.81. The molecule has 1 aliphatic rings. The fraction of sp³-hybridized carbons (Fsp3) is 0.231. The van der Waals surface area contributed by atoms with Crippen LogP contribution >= 0.6 is 11.3 Å². The number of aromatic nitrogens is 1. The molecule has 0 bridgehead atoms. The Hall–Kier alpha value is -1.88. The first-order valence-electron chi connectivity index (χ1n) is 5.79. The molecule has 92 valence electrons. The smallest absolute Gasteiger partial charge is 0.254 e. The lowest BCUT2D eigenvalue weighted by Crippen LogP contribution is -2.36. The molecule has 2 aromatic rings. The Morgan fingerprint density at radius 2 is 2.33 bits per heavy atom. The molecule has 0 spiro atoms. The first-order chi connectivity index (χ1) is 8.74. The summed E-state index contributed by atoms with van der Waals surface area (Å²) in [7, 11) is 0. The second kappa shape index (κ2) is 4.42. The molecule has 4 nitrogen and oxygen atoms in total. The van der Waals surface area contributed by atoms with Crippen LogP contribution in [0.3, 0.4) is 0 Å². The summed E-state index contributed by atoms with van der Waals surface area (Å²) in [4.78, 5) is 19.3. The van der Waals surface area contributed by atoms with Crippen molar-refractivity contribution in [3.63, 3.8) is 0 Å². The van der Waals surface area contributed by atoms with Crippen LogP contribution < -0.4 is 5.73 Å². The third-order valence-corrected chi connectivity index (χ3v) is 3.90. The number of rotatable bonds is 2. The summed E-state index contributed by atoms with van der Waals surface area (Å²) in [6.45, 7) is 1.39. The standard InChI is InChI=1S/C13H13N3OS/c14-10-2-1-9-3-4-16(13(17)12(9)5-10)7-11-6-15-8-18-11/h1-2,5-6,8H,3-4,7,14H2. The maximum Gasteiger partial charge on any atom is 0.254 e. The van der Waals surface area contributed by atoms with Gasteiger partial charge in [0.25, 0.3) is 5.91 Å². The number of thiazole rings is 1. The van der Waals surface area contributed by atoms with Crippen molar-refractivity contribution < 1.29 is 4.79 Å². The predicted octanol–water partition coefficient (Wildman–Crippen LogP) is 1.92. The van der Waals surface area contributed by atoms with Gasteiger partial charge in [0.2, 0.25) is 0 Å². The first kappa shape index (κ1) is 11.2. The third kappa shape index (κ3) is 1.97. The average Bonchev–Trinajstić information content (AvgIpc) is 2.86. The summed E-state index contributed by atoms with van der Waals surface area (Å²) in [5.41, 5.74) is 10.0. The fourth-order valence-electron chi connectivity index (χ4n) is 2.20. The van der Waals surface area contributed by atoms with Crippen molar-refractivity contribution in [3.8, 4) is 0 Å². The number of nitrogens with zero attached hydrogens (tertiary/aromatic N) is 2. The quantitative estimate of drug-likeness (QED) is 0.838. The lowest BCUT2D eigenvalue weighted by Gasteiger charge is -2.28. The summed E-state index contributed by atoms with van der Waals surface area (Å²) in [6, 6.07) is 5.58. The van der Waals surface area contributed by atoms with E-state index < -0.39 is 0 Å². The van der Waals surface area contributed by atoms with Crippen molar-refractivity contribution in [3.05, 3.63) is 45.9 Å². The van der Waals surface area contributed by atoms with Gasteiger partial charge < -0.3 is 10.6 Å². The van der Waals surface area contributed by atoms with Crippen molar-refractivity contribution in [2.24, 2.45) is 0 Å². The number of fused-ring (bicyclic) bond motifs is 1. The van der Waals surface area contributed by atoms with Gasteiger partial charge in [-0.25, -0.2) is 0 Å². The summed E-state index contributed by atoms with van der Waals surface area (Å²) in [5.74, 6) is 0.0666. The van der Waals surface area contributed by atoms with E-state index in [9.17, 15) is 4.79 Å². The van der Waals surface area contributed by atoms with Crippen LogP contribution in [0.5, 0.6) is 0 Å². The highest BCUT2D eigenvalue weighted by molar-refractivity contribution is 7.09. The average molecular weight is 259 g/mol. The Labute approximate surface area is 109 Å². The molecule has 3 rings (SSSR count). The Balaban J connectivity index is 1.87. The van der Waals surface area contributed by atoms with Gasteiger partial charge in [0.05, 0.1) is 12.1 Å². The number of carbonyl (C=O) groups excluding carboxylic acids is 1. The molecule has 2 N–H and O–H groups in total. The topological polar surface area (TPSA) is 59.2 Å². The Morgan fingerprint density at radius 1 is 1.44 bits per heavy atom. The molecule has 1 aliphatic heterocycles. The molecule has 1 aromatic heterocycles. The predicted molar refractivity (Wildman–Crippen MR) is 71.4 cm³/mol. The van der Waals surface area contributed by atoms with Crippen LogP contribution in [0.4, 0.5) is 5.69 Å². The van der Waals surface area contributed by atoms with Gasteiger partial charge >= 0.3 is 0 Å². The first-order valence-corrected chi connectivity index (χ1v) is 6.67. The maximum absolute atomic E-state index is 12.3. The molecule has 0 atom stereocenters. The molecule has 1 aromatic carbocycles. The highest BCUT2D eigenvalue weighted by atomic mass is 32.1. The highest BCUT2D eigenvalue weighted by Crippen LogP contribution is 2.23. The molecule has 0 aliphatic carbocycles. The molecule has 2 heterocycles. The zero-order chi connectivity index (χ0) is 12.5. The Bertz CT molecular complexity index is 580. The normalized spacial score (nSPS) is 14.7. The molecule has 1 amide bonds. The number of carbonyl (C=O) groups is 1. The number of nitrogens with two attached hydrogens (primary N) is 1. The largest absolute Gasteiger partial charge is 0.399 e. The minimum absolute atomic E-state index is 0.0666. The summed E-state index contributed by atoms with van der Waals surface area (Å²) < 4.78 is 0. The lowest BCUT2D eigenvalue weighted by atomic mass is 9.98. The van der Waals surface area contributed by atoms with Crippen molar-refractivity contribution in [2.75, 3.05) is 12.3 Å². The summed E-state index contributed by atoms with van der Waals surface area (Å²) in [6.07, 6.45) is 2.70. The maximum atomic E-state index is 12.3. The number of hydrogen-bond donors (Lipinski definition) is 1. The van der Waals surface area contributed by atoms with Gasteiger partial charge in [-0.3, -0.25) is 9.78 Å². The molecule has 0 radical (unpaired) electrons. The van der Waals surface area contributed by atoms with Crippen LogP contribution in [0, 0.1) is 0 Å². The molecular weight excluding hydrogens is 246 g/mol. The van der Waals surface area contributed by atoms with Gasteiger partial charge in [0, 0.05) is 28.9 Å². The van der Waals surface area contributed by atoms with E-state index in [4.69, 9.17) is 5.73 Å². The van der Waals surface area contributed by atoms with Crippen molar-refractivity contribution in [1.29, 1.82) is 0 Å². The second-order valence-electron chi connectivity index (χ2n) is 4.36. The molecular formula is C13H13N3OS. The van der Waals surface area contributed by atoms with Crippen LogP contribution in [0.15, 0.2) is 29.9 Å². The molecule has 18 heavy (non-hydrogen) atoms. The van der Waals surface area contributed by atoms with Gasteiger partial charge in [0.1, 0.15) is 0 Å². The van der Waals surface area contributed by atoms with Gasteiger partial charge in [0.15, 0.2) is 0 Å². The number of anilines is 1. The van der Waals surface area contributed by atoms with E-state index in [-0.39, 0.29) is 5.91 Å². The summed E-state index contributed by atoms with van der Waals surface area (Å²) >= 11 is 1.57. The minimum atomic E-state index is 0.0666. The van der Waals surface area contributed by atoms with Crippen LogP contribution in [0.1, 0.15) is 20.8 Å². The lowest BCUT2D eigenvalue weighted by molar-refractivity contribution is 0.0729.